The Hall–Kier alpha value is -1.20. The number of carbonyl (C=O) groups excluding carboxylic acids is 2. The fourth-order valence-corrected chi connectivity index (χ4v) is 3.86. The molecule has 0 radical (unpaired) electrons. The highest BCUT2D eigenvalue weighted by molar-refractivity contribution is 5.90. The molecule has 1 atom stereocenters. The Balaban J connectivity index is 3.84. The molecule has 0 rings (SSSR count). The van der Waals surface area contributed by atoms with Crippen molar-refractivity contribution in [2.24, 2.45) is 0 Å². The molecule has 30 heavy (non-hydrogen) atoms. The van der Waals surface area contributed by atoms with Gasteiger partial charge in [-0.15, -0.1) is 0 Å². The Morgan fingerprint density at radius 1 is 0.833 bits per heavy atom. The minimum atomic E-state index is -1.84. The number of allylic oxidation sites excluding steroid dienone is 2. The van der Waals surface area contributed by atoms with Gasteiger partial charge in [0.05, 0.1) is 21.1 Å². The van der Waals surface area contributed by atoms with Crippen LogP contribution in [0.15, 0.2) is 12.2 Å². The van der Waals surface area contributed by atoms with Gasteiger partial charge in [0.25, 0.3) is 0 Å². The molecule has 0 bridgehead atoms. The lowest BCUT2D eigenvalue weighted by atomic mass is 9.89. The first kappa shape index (κ1) is 28.8. The van der Waals surface area contributed by atoms with Gasteiger partial charge in [-0.1, -0.05) is 70.4 Å². The van der Waals surface area contributed by atoms with Crippen LogP contribution in [-0.4, -0.2) is 54.6 Å². The summed E-state index contributed by atoms with van der Waals surface area (Å²) in [4.78, 5) is 23.4. The molecule has 0 fully saturated rings. The summed E-state index contributed by atoms with van der Waals surface area (Å²) in [5, 5.41) is 21.6. The molecule has 0 spiro atoms. The fourth-order valence-electron chi connectivity index (χ4n) is 3.86. The second-order valence-electron chi connectivity index (χ2n) is 9.79. The van der Waals surface area contributed by atoms with Crippen molar-refractivity contribution in [3.05, 3.63) is 12.2 Å². The number of aliphatic carboxylic acids is 1. The third kappa shape index (κ3) is 16.6. The molecule has 0 saturated carbocycles. The molecule has 0 saturated heterocycles. The number of unbranched alkanes of at least 4 members (excludes halogenated alkanes) is 11. The molecule has 5 heteroatoms. The van der Waals surface area contributed by atoms with E-state index >= 15 is 0 Å². The van der Waals surface area contributed by atoms with E-state index < -0.39 is 18.0 Å². The third-order valence-electron chi connectivity index (χ3n) is 5.36. The molecule has 0 aromatic rings. The summed E-state index contributed by atoms with van der Waals surface area (Å²) in [6.07, 6.45) is 19.5. The largest absolute Gasteiger partial charge is 0.550 e. The van der Waals surface area contributed by atoms with Crippen LogP contribution in [0.4, 0.5) is 0 Å². The van der Waals surface area contributed by atoms with Crippen molar-refractivity contribution < 1.29 is 24.3 Å². The molecule has 0 unspecified atom stereocenters. The molecule has 0 aromatic heterocycles. The topological polar surface area (TPSA) is 77.4 Å². The minimum Gasteiger partial charge on any atom is -0.550 e. The Labute approximate surface area is 185 Å². The van der Waals surface area contributed by atoms with Gasteiger partial charge in [0.15, 0.2) is 11.4 Å². The smallest absolute Gasteiger partial charge is 0.177 e. The number of nitrogens with zero attached hydrogens (tertiary/aromatic N) is 1. The van der Waals surface area contributed by atoms with Gasteiger partial charge in [-0.25, -0.2) is 0 Å². The van der Waals surface area contributed by atoms with Gasteiger partial charge in [0.1, 0.15) is 6.54 Å². The zero-order valence-electron chi connectivity index (χ0n) is 20.1. The van der Waals surface area contributed by atoms with Crippen LogP contribution in [0.5, 0.6) is 0 Å². The molecule has 0 aromatic carbocycles. The zero-order valence-corrected chi connectivity index (χ0v) is 20.1. The van der Waals surface area contributed by atoms with Gasteiger partial charge >= 0.3 is 0 Å². The zero-order chi connectivity index (χ0) is 22.9. The van der Waals surface area contributed by atoms with Crippen LogP contribution in [0.25, 0.3) is 0 Å². The van der Waals surface area contributed by atoms with E-state index in [1.165, 1.54) is 44.9 Å². The van der Waals surface area contributed by atoms with Gasteiger partial charge in [0, 0.05) is 18.8 Å². The molecule has 176 valence electrons. The first-order valence-corrected chi connectivity index (χ1v) is 12.0. The van der Waals surface area contributed by atoms with Crippen molar-refractivity contribution in [1.82, 2.24) is 0 Å². The van der Waals surface area contributed by atoms with Crippen molar-refractivity contribution in [3.63, 3.8) is 0 Å². The van der Waals surface area contributed by atoms with E-state index in [2.05, 4.69) is 19.1 Å². The standard InChI is InChI=1S/C25H47NO4/c1-5-6-7-8-9-10-11-12-13-14-15-16-17-18-19-20-23(27)25(30,21-24(28)29)22-26(2,3)4/h12-13,30H,5-11,14-22H2,1-4H3/b13-12-/t25-/m1/s1. The Kier molecular flexibility index (Phi) is 15.8. The van der Waals surface area contributed by atoms with Crippen LogP contribution >= 0.6 is 0 Å². The maximum absolute atomic E-state index is 12.5. The lowest BCUT2D eigenvalue weighted by Crippen LogP contribution is -2.56. The Morgan fingerprint density at radius 3 is 1.77 bits per heavy atom. The number of carbonyl (C=O) groups is 2. The maximum atomic E-state index is 12.5. The summed E-state index contributed by atoms with van der Waals surface area (Å²) >= 11 is 0. The van der Waals surface area contributed by atoms with Crippen LogP contribution < -0.4 is 5.11 Å². The summed E-state index contributed by atoms with van der Waals surface area (Å²) in [6, 6.07) is 0. The van der Waals surface area contributed by atoms with Crippen LogP contribution in [0.1, 0.15) is 103 Å². The van der Waals surface area contributed by atoms with Gasteiger partial charge in [-0.05, 0) is 32.1 Å². The van der Waals surface area contributed by atoms with Crippen LogP contribution in [0.3, 0.4) is 0 Å². The third-order valence-corrected chi connectivity index (χ3v) is 5.36. The average molecular weight is 426 g/mol. The normalized spacial score (nSPS) is 14.2. The summed E-state index contributed by atoms with van der Waals surface area (Å²) in [5.41, 5.74) is -1.84. The average Bonchev–Trinajstić information content (AvgIpc) is 2.62. The number of carboxylic acid groups (broad SMARTS) is 1. The summed E-state index contributed by atoms with van der Waals surface area (Å²) in [6.45, 7) is 2.32. The number of quaternary nitrogens is 1. The van der Waals surface area contributed by atoms with Crippen molar-refractivity contribution in [2.75, 3.05) is 27.7 Å². The summed E-state index contributed by atoms with van der Waals surface area (Å²) in [5.74, 6) is -1.76. The quantitative estimate of drug-likeness (QED) is 0.180. The van der Waals surface area contributed by atoms with E-state index in [1.807, 2.05) is 21.1 Å². The van der Waals surface area contributed by atoms with Gasteiger partial charge in [0.2, 0.25) is 0 Å². The predicted molar refractivity (Wildman–Crippen MR) is 122 cm³/mol. The second-order valence-corrected chi connectivity index (χ2v) is 9.79. The first-order chi connectivity index (χ1) is 14.1. The van der Waals surface area contributed by atoms with Crippen LogP contribution in [0, 0.1) is 0 Å². The predicted octanol–water partition coefficient (Wildman–Crippen LogP) is 4.17. The van der Waals surface area contributed by atoms with E-state index in [4.69, 9.17) is 0 Å². The van der Waals surface area contributed by atoms with Gasteiger partial charge < -0.3 is 19.5 Å². The van der Waals surface area contributed by atoms with Crippen molar-refractivity contribution >= 4 is 11.8 Å². The fraction of sp³-hybridized carbons (Fsp3) is 0.840. The number of aliphatic hydroxyl groups is 1. The van der Waals surface area contributed by atoms with E-state index in [0.29, 0.717) is 10.9 Å². The van der Waals surface area contributed by atoms with Crippen molar-refractivity contribution in [3.8, 4) is 0 Å². The number of hydrogen-bond acceptors (Lipinski definition) is 4. The van der Waals surface area contributed by atoms with Gasteiger partial charge in [-0.3, -0.25) is 4.79 Å². The molecule has 0 amide bonds. The molecular weight excluding hydrogens is 378 g/mol. The van der Waals surface area contributed by atoms with Crippen molar-refractivity contribution in [1.29, 1.82) is 0 Å². The monoisotopic (exact) mass is 425 g/mol. The number of hydrogen-bond donors (Lipinski definition) is 1. The van der Waals surface area contributed by atoms with Crippen LogP contribution in [-0.2, 0) is 9.59 Å². The van der Waals surface area contributed by atoms with Gasteiger partial charge in [-0.2, -0.15) is 0 Å². The summed E-state index contributed by atoms with van der Waals surface area (Å²) < 4.78 is 0.321. The lowest BCUT2D eigenvalue weighted by Gasteiger charge is -2.34. The molecule has 0 aliphatic rings. The maximum Gasteiger partial charge on any atom is 0.177 e. The Bertz CT molecular complexity index is 496. The van der Waals surface area contributed by atoms with E-state index in [-0.39, 0.29) is 18.7 Å². The van der Waals surface area contributed by atoms with E-state index in [1.54, 1.807) is 0 Å². The minimum absolute atomic E-state index is 0.0743. The van der Waals surface area contributed by atoms with Crippen LogP contribution in [0.2, 0.25) is 0 Å². The molecule has 1 N–H and O–H groups in total. The molecule has 5 nitrogen and oxygen atoms in total. The SMILES string of the molecule is CCCCCCCC/C=C\CCCCCCCC(=O)[C@@](O)(CC(=O)[O-])C[N+](C)(C)C. The Morgan fingerprint density at radius 2 is 1.30 bits per heavy atom. The molecule has 0 aliphatic carbocycles. The number of Topliss-reactive ketones (excluding diaryl/α,β-unsaturated/α-hetero) is 1. The van der Waals surface area contributed by atoms with Crippen molar-refractivity contribution in [2.45, 2.75) is 109 Å². The first-order valence-electron chi connectivity index (χ1n) is 12.0. The van der Waals surface area contributed by atoms with E-state index in [0.717, 1.165) is 32.1 Å². The molecule has 0 heterocycles. The van der Waals surface area contributed by atoms with E-state index in [9.17, 15) is 19.8 Å². The number of ketones is 1. The highest BCUT2D eigenvalue weighted by Gasteiger charge is 2.40. The molecular formula is C25H47NO4. The number of rotatable bonds is 20. The highest BCUT2D eigenvalue weighted by atomic mass is 16.4. The highest BCUT2D eigenvalue weighted by Crippen LogP contribution is 2.19. The number of carboxylic acids is 1. The molecule has 0 aliphatic heterocycles. The second kappa shape index (κ2) is 16.5. The summed E-state index contributed by atoms with van der Waals surface area (Å²) in [7, 11) is 5.49. The number of likely N-dealkylation sites (N-methyl/N-ethyl adjacent to an activating group) is 1. The lowest BCUT2D eigenvalue weighted by molar-refractivity contribution is -0.875.